The van der Waals surface area contributed by atoms with Gasteiger partial charge in [0, 0.05) is 23.3 Å². The summed E-state index contributed by atoms with van der Waals surface area (Å²) in [7, 11) is -2.78. The first-order valence-corrected chi connectivity index (χ1v) is 16.9. The van der Waals surface area contributed by atoms with E-state index in [1.807, 2.05) is 0 Å². The fourth-order valence-corrected chi connectivity index (χ4v) is 7.27. The van der Waals surface area contributed by atoms with Crippen molar-refractivity contribution in [1.82, 2.24) is 14.3 Å². The number of aromatic amines is 1. The van der Waals surface area contributed by atoms with Crippen LogP contribution in [0.4, 0.5) is 26.3 Å². The summed E-state index contributed by atoms with van der Waals surface area (Å²) >= 11 is 0. The van der Waals surface area contributed by atoms with E-state index >= 15 is 0 Å². The van der Waals surface area contributed by atoms with Gasteiger partial charge in [-0.1, -0.05) is 30.3 Å². The first-order valence-electron chi connectivity index (χ1n) is 15.3. The third-order valence-electron chi connectivity index (χ3n) is 8.45. The number of para-hydroxylation sites is 1. The molecule has 10 nitrogen and oxygen atoms in total. The molecule has 0 atom stereocenters. The number of pyridine rings is 1. The highest BCUT2D eigenvalue weighted by atomic mass is 32.2. The standard InChI is InChI=1S/C34H29F6N3O7S/c1-19-14-20(16-51(46,47)42-31(45)32(11-12-32)23-7-3-4-8-25(23)48-2)9-10-24(19)43-15-22-26(30(43)44)28(49-17-33(35,36)37)21-6-5-13-41-27(21)29(22)50-18-34(38,39)40/h3-10,13-15,41H,11-12,16-18H2,1-2H3,(H,42,45). The second-order valence-electron chi connectivity index (χ2n) is 12.1. The molecule has 0 aliphatic heterocycles. The van der Waals surface area contributed by atoms with E-state index in [0.29, 0.717) is 29.7 Å². The minimum Gasteiger partial charge on any atom is -0.496 e. The van der Waals surface area contributed by atoms with Gasteiger partial charge < -0.3 is 19.2 Å². The van der Waals surface area contributed by atoms with Crippen LogP contribution in [-0.4, -0.2) is 56.6 Å². The normalized spacial score (nSPS) is 14.4. The lowest BCUT2D eigenvalue weighted by molar-refractivity contribution is -0.154. The molecule has 2 heterocycles. The Bertz CT molecular complexity index is 2330. The van der Waals surface area contributed by atoms with Crippen LogP contribution >= 0.6 is 0 Å². The van der Waals surface area contributed by atoms with Crippen LogP contribution in [0, 0.1) is 6.92 Å². The van der Waals surface area contributed by atoms with Crippen LogP contribution in [0.3, 0.4) is 0 Å². The fraction of sp³-hybridized carbons (Fsp3) is 0.294. The Kier molecular flexibility index (Phi) is 8.98. The molecule has 17 heteroatoms. The van der Waals surface area contributed by atoms with Crippen molar-refractivity contribution in [3.05, 3.63) is 94.0 Å². The number of H-pyrrole nitrogens is 1. The Morgan fingerprint density at radius 2 is 1.61 bits per heavy atom. The monoisotopic (exact) mass is 737 g/mol. The summed E-state index contributed by atoms with van der Waals surface area (Å²) in [4.78, 5) is 29.8. The summed E-state index contributed by atoms with van der Waals surface area (Å²) in [5, 5.41) is -0.838. The van der Waals surface area contributed by atoms with Gasteiger partial charge in [-0.15, -0.1) is 0 Å². The van der Waals surface area contributed by atoms with Gasteiger partial charge in [0.15, 0.2) is 19.0 Å². The van der Waals surface area contributed by atoms with Crippen LogP contribution in [-0.2, 0) is 26.0 Å². The van der Waals surface area contributed by atoms with Crippen molar-refractivity contribution in [2.24, 2.45) is 0 Å². The maximum Gasteiger partial charge on any atom is 0.422 e. The minimum atomic E-state index is -4.81. The Morgan fingerprint density at radius 3 is 2.24 bits per heavy atom. The molecule has 1 saturated carbocycles. The number of nitrogens with zero attached hydrogens (tertiary/aromatic N) is 1. The number of aromatic nitrogens is 2. The number of carbonyl (C=O) groups excluding carboxylic acids is 1. The van der Waals surface area contributed by atoms with Gasteiger partial charge in [-0.05, 0) is 55.2 Å². The maximum atomic E-state index is 13.9. The minimum absolute atomic E-state index is 0.126. The van der Waals surface area contributed by atoms with Gasteiger partial charge in [-0.3, -0.25) is 18.9 Å². The highest BCUT2D eigenvalue weighted by Crippen LogP contribution is 2.51. The number of methoxy groups -OCH3 is 1. The number of rotatable bonds is 11. The molecule has 1 amide bonds. The number of ether oxygens (including phenoxy) is 3. The number of hydrogen-bond acceptors (Lipinski definition) is 7. The van der Waals surface area contributed by atoms with E-state index in [1.54, 1.807) is 24.3 Å². The summed E-state index contributed by atoms with van der Waals surface area (Å²) in [5.74, 6) is -1.83. The SMILES string of the molecule is COc1ccccc1C1(C(=O)NS(=O)(=O)Cc2ccc(-n3cc4c(OCC(F)(F)F)c5[nH]cccc5c(OCC(F)(F)F)c4c3=O)c(C)c2)CC1. The van der Waals surface area contributed by atoms with Crippen LogP contribution in [0.25, 0.3) is 27.4 Å². The van der Waals surface area contributed by atoms with Crippen LogP contribution < -0.4 is 24.5 Å². The summed E-state index contributed by atoms with van der Waals surface area (Å²) in [5.41, 5.74) is -0.858. The molecule has 0 bridgehead atoms. The number of fused-ring (bicyclic) bond motifs is 2. The van der Waals surface area contributed by atoms with Gasteiger partial charge in [0.2, 0.25) is 15.9 Å². The highest BCUT2D eigenvalue weighted by molar-refractivity contribution is 7.89. The molecular weight excluding hydrogens is 708 g/mol. The van der Waals surface area contributed by atoms with Crippen molar-refractivity contribution in [1.29, 1.82) is 0 Å². The molecule has 0 spiro atoms. The lowest BCUT2D eigenvalue weighted by atomic mass is 9.94. The zero-order chi connectivity index (χ0) is 36.9. The molecule has 2 aromatic heterocycles. The van der Waals surface area contributed by atoms with E-state index in [-0.39, 0.29) is 27.5 Å². The molecule has 51 heavy (non-hydrogen) atoms. The molecule has 1 aliphatic rings. The molecular formula is C34H29F6N3O7S. The molecule has 2 N–H and O–H groups in total. The average molecular weight is 738 g/mol. The molecule has 5 aromatic rings. The second kappa shape index (κ2) is 12.9. The molecule has 1 aliphatic carbocycles. The number of hydrogen-bond donors (Lipinski definition) is 2. The summed E-state index contributed by atoms with van der Waals surface area (Å²) in [6, 6.07) is 13.6. The van der Waals surface area contributed by atoms with Gasteiger partial charge in [0.1, 0.15) is 11.5 Å². The maximum absolute atomic E-state index is 13.9. The predicted octanol–water partition coefficient (Wildman–Crippen LogP) is 6.35. The van der Waals surface area contributed by atoms with Crippen molar-refractivity contribution in [3.63, 3.8) is 0 Å². The Morgan fingerprint density at radius 1 is 0.941 bits per heavy atom. The third-order valence-corrected chi connectivity index (χ3v) is 9.66. The van der Waals surface area contributed by atoms with Crippen LogP contribution in [0.15, 0.2) is 71.8 Å². The Hall–Kier alpha value is -5.19. The van der Waals surface area contributed by atoms with E-state index in [1.165, 1.54) is 50.6 Å². The van der Waals surface area contributed by atoms with Gasteiger partial charge >= 0.3 is 12.4 Å². The van der Waals surface area contributed by atoms with Gasteiger partial charge in [0.25, 0.3) is 5.56 Å². The lowest BCUT2D eigenvalue weighted by Gasteiger charge is -2.18. The first kappa shape index (κ1) is 35.6. The molecule has 6 rings (SSSR count). The van der Waals surface area contributed by atoms with E-state index in [4.69, 9.17) is 14.2 Å². The van der Waals surface area contributed by atoms with Gasteiger partial charge in [-0.25, -0.2) is 8.42 Å². The fourth-order valence-electron chi connectivity index (χ4n) is 6.11. The number of carbonyl (C=O) groups is 1. The number of nitrogens with one attached hydrogen (secondary N) is 2. The van der Waals surface area contributed by atoms with Crippen molar-refractivity contribution in [2.75, 3.05) is 20.3 Å². The smallest absolute Gasteiger partial charge is 0.422 e. The quantitative estimate of drug-likeness (QED) is 0.151. The number of amides is 1. The van der Waals surface area contributed by atoms with Crippen LogP contribution in [0.2, 0.25) is 0 Å². The van der Waals surface area contributed by atoms with Crippen molar-refractivity contribution in [2.45, 2.75) is 43.3 Å². The molecule has 0 saturated heterocycles. The third kappa shape index (κ3) is 7.20. The van der Waals surface area contributed by atoms with E-state index in [2.05, 4.69) is 9.71 Å². The average Bonchev–Trinajstić information content (AvgIpc) is 3.80. The van der Waals surface area contributed by atoms with Crippen molar-refractivity contribution < 1.29 is 53.8 Å². The zero-order valence-corrected chi connectivity index (χ0v) is 27.7. The zero-order valence-electron chi connectivity index (χ0n) is 26.9. The largest absolute Gasteiger partial charge is 0.496 e. The van der Waals surface area contributed by atoms with Crippen LogP contribution in [0.1, 0.15) is 29.5 Å². The van der Waals surface area contributed by atoms with Crippen molar-refractivity contribution in [3.8, 4) is 22.9 Å². The summed E-state index contributed by atoms with van der Waals surface area (Å²) in [6.45, 7) is -2.03. The molecule has 1 fully saturated rings. The first-order chi connectivity index (χ1) is 23.9. The molecule has 3 aromatic carbocycles. The molecule has 0 radical (unpaired) electrons. The topological polar surface area (TPSA) is 129 Å². The summed E-state index contributed by atoms with van der Waals surface area (Å²) in [6.07, 6.45) is -6.32. The number of sulfonamides is 1. The van der Waals surface area contributed by atoms with Crippen molar-refractivity contribution >= 4 is 37.6 Å². The van der Waals surface area contributed by atoms with E-state index in [9.17, 15) is 44.3 Å². The lowest BCUT2D eigenvalue weighted by Crippen LogP contribution is -2.39. The highest BCUT2D eigenvalue weighted by Gasteiger charge is 2.53. The van der Waals surface area contributed by atoms with Gasteiger partial charge in [-0.2, -0.15) is 26.3 Å². The molecule has 0 unspecified atom stereocenters. The molecule has 270 valence electrons. The van der Waals surface area contributed by atoms with E-state index < -0.39 is 75.1 Å². The number of alkyl halides is 6. The number of halogens is 6. The number of benzene rings is 3. The van der Waals surface area contributed by atoms with E-state index in [0.717, 1.165) is 10.8 Å². The Labute approximate surface area is 286 Å². The van der Waals surface area contributed by atoms with Gasteiger partial charge in [0.05, 0.1) is 40.3 Å². The van der Waals surface area contributed by atoms with Crippen LogP contribution in [0.5, 0.6) is 17.2 Å². The summed E-state index contributed by atoms with van der Waals surface area (Å²) < 4.78 is 125. The predicted molar refractivity (Wildman–Crippen MR) is 174 cm³/mol. The Balaban J connectivity index is 1.35. The number of aryl methyl sites for hydroxylation is 1. The second-order valence-corrected chi connectivity index (χ2v) is 13.8.